The van der Waals surface area contributed by atoms with Gasteiger partial charge in [0.2, 0.25) is 0 Å². The summed E-state index contributed by atoms with van der Waals surface area (Å²) in [6, 6.07) is 4.69. The number of rotatable bonds is 4. The zero-order valence-electron chi connectivity index (χ0n) is 9.03. The highest BCUT2D eigenvalue weighted by Crippen LogP contribution is 2.21. The van der Waals surface area contributed by atoms with Crippen LogP contribution in [0.3, 0.4) is 0 Å². The molecule has 0 spiro atoms. The Morgan fingerprint density at radius 2 is 2.31 bits per heavy atom. The highest BCUT2D eigenvalue weighted by Gasteiger charge is 2.11. The average Bonchev–Trinajstić information content (AvgIpc) is 2.25. The van der Waals surface area contributed by atoms with Crippen LogP contribution < -0.4 is 11.1 Å². The Morgan fingerprint density at radius 1 is 1.62 bits per heavy atom. The lowest BCUT2D eigenvalue weighted by atomic mass is 10.2. The molecule has 1 rings (SSSR count). The molecule has 0 aliphatic rings. The number of nitrogens with two attached hydrogens (primary N) is 1. The quantitative estimate of drug-likeness (QED) is 0.787. The number of phenols is 1. The molecule has 88 valence electrons. The summed E-state index contributed by atoms with van der Waals surface area (Å²) in [4.78, 5) is 11.7. The minimum atomic E-state index is -0.311. The lowest BCUT2D eigenvalue weighted by Crippen LogP contribution is -2.36. The molecular formula is C11H15BrN2O2. The van der Waals surface area contributed by atoms with Gasteiger partial charge >= 0.3 is 0 Å². The smallest absolute Gasteiger partial charge is 0.255 e. The number of phenolic OH excluding ortho intramolecular Hbond substituents is 1. The Bertz CT molecular complexity index is 382. The molecule has 5 heteroatoms. The number of amides is 1. The highest BCUT2D eigenvalue weighted by atomic mass is 79.9. The van der Waals surface area contributed by atoms with Crippen molar-refractivity contribution in [2.75, 3.05) is 6.54 Å². The Kier molecular flexibility index (Phi) is 4.76. The van der Waals surface area contributed by atoms with E-state index < -0.39 is 0 Å². The van der Waals surface area contributed by atoms with E-state index in [1.807, 2.05) is 6.92 Å². The van der Waals surface area contributed by atoms with Gasteiger partial charge in [0, 0.05) is 17.1 Å². The second-order valence-electron chi connectivity index (χ2n) is 3.54. The second-order valence-corrected chi connectivity index (χ2v) is 4.46. The van der Waals surface area contributed by atoms with Crippen molar-refractivity contribution < 1.29 is 9.90 Å². The number of halogens is 1. The molecule has 4 N–H and O–H groups in total. The Labute approximate surface area is 103 Å². The van der Waals surface area contributed by atoms with Gasteiger partial charge in [-0.25, -0.2) is 0 Å². The molecule has 0 saturated heterocycles. The summed E-state index contributed by atoms with van der Waals surface area (Å²) in [5, 5.41) is 12.2. The first-order valence-electron chi connectivity index (χ1n) is 5.07. The van der Waals surface area contributed by atoms with Gasteiger partial charge in [0.1, 0.15) is 5.75 Å². The predicted octanol–water partition coefficient (Wildman–Crippen LogP) is 1.62. The summed E-state index contributed by atoms with van der Waals surface area (Å²) < 4.78 is 0.729. The van der Waals surface area contributed by atoms with E-state index in [4.69, 9.17) is 5.73 Å². The number of carbonyl (C=O) groups is 1. The fourth-order valence-corrected chi connectivity index (χ4v) is 1.51. The zero-order chi connectivity index (χ0) is 12.1. The summed E-state index contributed by atoms with van der Waals surface area (Å²) in [7, 11) is 0. The summed E-state index contributed by atoms with van der Waals surface area (Å²) >= 11 is 3.21. The van der Waals surface area contributed by atoms with E-state index >= 15 is 0 Å². The van der Waals surface area contributed by atoms with Crippen LogP contribution in [0.25, 0.3) is 0 Å². The molecule has 0 heterocycles. The van der Waals surface area contributed by atoms with Gasteiger partial charge in [0.25, 0.3) is 5.91 Å². The van der Waals surface area contributed by atoms with E-state index in [2.05, 4.69) is 21.2 Å². The minimum Gasteiger partial charge on any atom is -0.507 e. The Morgan fingerprint density at radius 3 is 2.88 bits per heavy atom. The molecule has 16 heavy (non-hydrogen) atoms. The normalized spacial score (nSPS) is 12.2. The van der Waals surface area contributed by atoms with E-state index in [-0.39, 0.29) is 23.3 Å². The van der Waals surface area contributed by atoms with Crippen LogP contribution >= 0.6 is 15.9 Å². The molecule has 0 bridgehead atoms. The average molecular weight is 287 g/mol. The third-order valence-corrected chi connectivity index (χ3v) is 2.75. The van der Waals surface area contributed by atoms with E-state index in [9.17, 15) is 9.90 Å². The third-order valence-electron chi connectivity index (χ3n) is 2.25. The van der Waals surface area contributed by atoms with Crippen molar-refractivity contribution >= 4 is 21.8 Å². The van der Waals surface area contributed by atoms with Crippen LogP contribution in [0.4, 0.5) is 0 Å². The molecular weight excluding hydrogens is 272 g/mol. The molecule has 1 aromatic rings. The monoisotopic (exact) mass is 286 g/mol. The number of hydrogen-bond donors (Lipinski definition) is 3. The summed E-state index contributed by atoms with van der Waals surface area (Å²) in [5.74, 6) is -0.356. The zero-order valence-corrected chi connectivity index (χ0v) is 10.6. The van der Waals surface area contributed by atoms with Crippen molar-refractivity contribution in [3.05, 3.63) is 28.2 Å². The third kappa shape index (κ3) is 3.50. The number of benzene rings is 1. The van der Waals surface area contributed by atoms with Crippen molar-refractivity contribution in [3.63, 3.8) is 0 Å². The van der Waals surface area contributed by atoms with Crippen molar-refractivity contribution in [2.24, 2.45) is 5.73 Å². The molecule has 1 aromatic carbocycles. The van der Waals surface area contributed by atoms with E-state index in [1.165, 1.54) is 6.07 Å². The van der Waals surface area contributed by atoms with Crippen molar-refractivity contribution in [2.45, 2.75) is 19.4 Å². The summed E-state index contributed by atoms with van der Waals surface area (Å²) in [5.41, 5.74) is 5.93. The number of nitrogens with one attached hydrogen (secondary N) is 1. The van der Waals surface area contributed by atoms with Crippen LogP contribution in [-0.4, -0.2) is 23.6 Å². The fraction of sp³-hybridized carbons (Fsp3) is 0.364. The van der Waals surface area contributed by atoms with E-state index in [0.717, 1.165) is 10.9 Å². The van der Waals surface area contributed by atoms with Gasteiger partial charge in [0.15, 0.2) is 0 Å². The Balaban J connectivity index is 2.66. The second kappa shape index (κ2) is 5.86. The summed E-state index contributed by atoms with van der Waals surface area (Å²) in [6.45, 7) is 2.36. The SMILES string of the molecule is CCC(N)CNC(=O)c1ccc(Br)cc1O. The van der Waals surface area contributed by atoms with Gasteiger partial charge in [-0.15, -0.1) is 0 Å². The van der Waals surface area contributed by atoms with Crippen molar-refractivity contribution in [1.82, 2.24) is 5.32 Å². The molecule has 0 aliphatic carbocycles. The maximum atomic E-state index is 11.7. The molecule has 0 fully saturated rings. The molecule has 1 amide bonds. The molecule has 1 unspecified atom stereocenters. The molecule has 0 aromatic heterocycles. The van der Waals surface area contributed by atoms with Crippen molar-refractivity contribution in [3.8, 4) is 5.75 Å². The fourth-order valence-electron chi connectivity index (χ4n) is 1.16. The van der Waals surface area contributed by atoms with Gasteiger partial charge in [-0.05, 0) is 24.6 Å². The van der Waals surface area contributed by atoms with Crippen LogP contribution in [0, 0.1) is 0 Å². The molecule has 1 atom stereocenters. The number of hydrogen-bond acceptors (Lipinski definition) is 3. The first-order valence-corrected chi connectivity index (χ1v) is 5.86. The first kappa shape index (κ1) is 13.0. The minimum absolute atomic E-state index is 0.0445. The number of carbonyl (C=O) groups excluding carboxylic acids is 1. The molecule has 0 radical (unpaired) electrons. The standard InChI is InChI=1S/C11H15BrN2O2/c1-2-8(13)6-14-11(16)9-4-3-7(12)5-10(9)15/h3-5,8,15H,2,6,13H2,1H3,(H,14,16). The van der Waals surface area contributed by atoms with E-state index in [1.54, 1.807) is 12.1 Å². The van der Waals surface area contributed by atoms with Gasteiger partial charge < -0.3 is 16.2 Å². The number of aromatic hydroxyl groups is 1. The summed E-state index contributed by atoms with van der Waals surface area (Å²) in [6.07, 6.45) is 0.798. The van der Waals surface area contributed by atoms with Crippen LogP contribution in [0.15, 0.2) is 22.7 Å². The van der Waals surface area contributed by atoms with Gasteiger partial charge in [-0.2, -0.15) is 0 Å². The highest BCUT2D eigenvalue weighted by molar-refractivity contribution is 9.10. The van der Waals surface area contributed by atoms with Crippen LogP contribution in [-0.2, 0) is 0 Å². The van der Waals surface area contributed by atoms with Gasteiger partial charge in [-0.1, -0.05) is 22.9 Å². The largest absolute Gasteiger partial charge is 0.507 e. The van der Waals surface area contributed by atoms with Crippen LogP contribution in [0.1, 0.15) is 23.7 Å². The topological polar surface area (TPSA) is 75.3 Å². The molecule has 0 saturated carbocycles. The molecule has 4 nitrogen and oxygen atoms in total. The van der Waals surface area contributed by atoms with E-state index in [0.29, 0.717) is 6.54 Å². The maximum absolute atomic E-state index is 11.7. The molecule has 0 aliphatic heterocycles. The lowest BCUT2D eigenvalue weighted by Gasteiger charge is -2.11. The lowest BCUT2D eigenvalue weighted by molar-refractivity contribution is 0.0948. The first-order chi connectivity index (χ1) is 7.54. The Hall–Kier alpha value is -1.07. The van der Waals surface area contributed by atoms with Gasteiger partial charge in [0.05, 0.1) is 5.56 Å². The predicted molar refractivity (Wildman–Crippen MR) is 66.4 cm³/mol. The van der Waals surface area contributed by atoms with Crippen molar-refractivity contribution in [1.29, 1.82) is 0 Å². The maximum Gasteiger partial charge on any atom is 0.255 e. The van der Waals surface area contributed by atoms with Crippen LogP contribution in [0.5, 0.6) is 5.75 Å². The van der Waals surface area contributed by atoms with Crippen LogP contribution in [0.2, 0.25) is 0 Å². The van der Waals surface area contributed by atoms with Gasteiger partial charge in [-0.3, -0.25) is 4.79 Å².